The van der Waals surface area contributed by atoms with Gasteiger partial charge in [-0.25, -0.2) is 17.1 Å². The topological polar surface area (TPSA) is 66.5 Å². The van der Waals surface area contributed by atoms with Gasteiger partial charge in [0, 0.05) is 26.1 Å². The van der Waals surface area contributed by atoms with Gasteiger partial charge in [-0.15, -0.1) is 0 Å². The molecule has 0 aliphatic heterocycles. The number of halogens is 1. The number of amides is 1. The molecule has 0 bridgehead atoms. The molecule has 1 N–H and O–H groups in total. The third-order valence-electron chi connectivity index (χ3n) is 3.49. The largest absolute Gasteiger partial charge is 0.356 e. The molecule has 0 fully saturated rings. The second kappa shape index (κ2) is 9.62. The van der Waals surface area contributed by atoms with Crippen molar-refractivity contribution in [2.24, 2.45) is 0 Å². The maximum Gasteiger partial charge on any atom is 0.221 e. The molecule has 0 aromatic heterocycles. The van der Waals surface area contributed by atoms with Crippen molar-refractivity contribution in [1.29, 1.82) is 0 Å². The van der Waals surface area contributed by atoms with Crippen LogP contribution in [0.2, 0.25) is 0 Å². The van der Waals surface area contributed by atoms with Gasteiger partial charge < -0.3 is 5.32 Å². The van der Waals surface area contributed by atoms with Gasteiger partial charge >= 0.3 is 0 Å². The number of nitrogens with zero attached hydrogens (tertiary/aromatic N) is 1. The molecule has 1 aromatic rings. The predicted molar refractivity (Wildman–Crippen MR) is 89.1 cm³/mol. The predicted octanol–water partition coefficient (Wildman–Crippen LogP) is 1.94. The molecule has 23 heavy (non-hydrogen) atoms. The van der Waals surface area contributed by atoms with Crippen LogP contribution in [0, 0.1) is 5.82 Å². The Morgan fingerprint density at radius 3 is 2.57 bits per heavy atom. The van der Waals surface area contributed by atoms with E-state index in [0.717, 1.165) is 19.1 Å². The van der Waals surface area contributed by atoms with Crippen molar-refractivity contribution in [2.75, 3.05) is 25.9 Å². The lowest BCUT2D eigenvalue weighted by Gasteiger charge is -2.19. The van der Waals surface area contributed by atoms with E-state index < -0.39 is 10.0 Å². The number of nitrogens with one attached hydrogen (secondary N) is 1. The van der Waals surface area contributed by atoms with Crippen molar-refractivity contribution in [3.8, 4) is 0 Å². The van der Waals surface area contributed by atoms with Gasteiger partial charge in [0.25, 0.3) is 0 Å². The lowest BCUT2D eigenvalue weighted by molar-refractivity contribution is -0.121. The van der Waals surface area contributed by atoms with Crippen LogP contribution in [0.4, 0.5) is 4.39 Å². The van der Waals surface area contributed by atoms with Crippen LogP contribution in [-0.2, 0) is 21.2 Å². The quantitative estimate of drug-likeness (QED) is 0.705. The van der Waals surface area contributed by atoms with E-state index in [-0.39, 0.29) is 24.7 Å². The number of hydrogen-bond donors (Lipinski definition) is 1. The second-order valence-corrected chi connectivity index (χ2v) is 7.44. The SMILES string of the molecule is CCCCN(CCC(=O)NCCc1ccccc1F)S(C)(=O)=O. The van der Waals surface area contributed by atoms with Crippen LogP contribution in [0.1, 0.15) is 31.7 Å². The molecule has 0 heterocycles. The fraction of sp³-hybridized carbons (Fsp3) is 0.562. The van der Waals surface area contributed by atoms with Crippen LogP contribution in [0.15, 0.2) is 24.3 Å². The smallest absolute Gasteiger partial charge is 0.221 e. The van der Waals surface area contributed by atoms with Crippen molar-refractivity contribution in [1.82, 2.24) is 9.62 Å². The van der Waals surface area contributed by atoms with Crippen LogP contribution >= 0.6 is 0 Å². The molecule has 0 saturated carbocycles. The first-order chi connectivity index (χ1) is 10.8. The Labute approximate surface area is 137 Å². The number of carbonyl (C=O) groups excluding carboxylic acids is 1. The van der Waals surface area contributed by atoms with Crippen molar-refractivity contribution in [2.45, 2.75) is 32.6 Å². The highest BCUT2D eigenvalue weighted by Crippen LogP contribution is 2.06. The van der Waals surface area contributed by atoms with E-state index in [4.69, 9.17) is 0 Å². The van der Waals surface area contributed by atoms with Gasteiger partial charge in [0.2, 0.25) is 15.9 Å². The van der Waals surface area contributed by atoms with Crippen LogP contribution in [0.3, 0.4) is 0 Å². The molecular weight excluding hydrogens is 319 g/mol. The zero-order valence-corrected chi connectivity index (χ0v) is 14.5. The fourth-order valence-electron chi connectivity index (χ4n) is 2.13. The van der Waals surface area contributed by atoms with Crippen LogP contribution < -0.4 is 5.32 Å². The molecule has 5 nitrogen and oxygen atoms in total. The maximum absolute atomic E-state index is 13.4. The van der Waals surface area contributed by atoms with E-state index in [1.807, 2.05) is 6.92 Å². The van der Waals surface area contributed by atoms with E-state index in [1.165, 1.54) is 10.4 Å². The summed E-state index contributed by atoms with van der Waals surface area (Å²) >= 11 is 0. The summed E-state index contributed by atoms with van der Waals surface area (Å²) in [6.45, 7) is 2.91. The molecule has 130 valence electrons. The van der Waals surface area contributed by atoms with Crippen LogP contribution in [0.5, 0.6) is 0 Å². The number of hydrogen-bond acceptors (Lipinski definition) is 3. The number of sulfonamides is 1. The average Bonchev–Trinajstić information content (AvgIpc) is 2.48. The van der Waals surface area contributed by atoms with Crippen molar-refractivity contribution in [3.05, 3.63) is 35.6 Å². The Morgan fingerprint density at radius 2 is 1.96 bits per heavy atom. The van der Waals surface area contributed by atoms with E-state index in [9.17, 15) is 17.6 Å². The highest BCUT2D eigenvalue weighted by atomic mass is 32.2. The van der Waals surface area contributed by atoms with Gasteiger partial charge in [0.05, 0.1) is 6.26 Å². The summed E-state index contributed by atoms with van der Waals surface area (Å²) < 4.78 is 38.0. The third kappa shape index (κ3) is 7.56. The highest BCUT2D eigenvalue weighted by Gasteiger charge is 2.17. The minimum absolute atomic E-state index is 0.105. The van der Waals surface area contributed by atoms with E-state index in [1.54, 1.807) is 18.2 Å². The highest BCUT2D eigenvalue weighted by molar-refractivity contribution is 7.88. The molecule has 0 radical (unpaired) electrons. The molecular formula is C16H25FN2O3S. The molecule has 1 aromatic carbocycles. The van der Waals surface area contributed by atoms with Gasteiger partial charge in [-0.05, 0) is 24.5 Å². The third-order valence-corrected chi connectivity index (χ3v) is 4.80. The van der Waals surface area contributed by atoms with Crippen molar-refractivity contribution in [3.63, 3.8) is 0 Å². The van der Waals surface area contributed by atoms with Crippen LogP contribution in [0.25, 0.3) is 0 Å². The van der Waals surface area contributed by atoms with Gasteiger partial charge in [-0.1, -0.05) is 31.5 Å². The number of carbonyl (C=O) groups is 1. The first kappa shape index (κ1) is 19.6. The van der Waals surface area contributed by atoms with Gasteiger partial charge in [0.15, 0.2) is 0 Å². The average molecular weight is 344 g/mol. The van der Waals surface area contributed by atoms with Gasteiger partial charge in [-0.2, -0.15) is 0 Å². The van der Waals surface area contributed by atoms with E-state index in [2.05, 4.69) is 5.32 Å². The summed E-state index contributed by atoms with van der Waals surface area (Å²) in [6, 6.07) is 6.43. The van der Waals surface area contributed by atoms with E-state index in [0.29, 0.717) is 25.1 Å². The molecule has 1 amide bonds. The number of benzene rings is 1. The molecule has 7 heteroatoms. The Kier molecular flexibility index (Phi) is 8.19. The second-order valence-electron chi connectivity index (χ2n) is 5.46. The Hall–Kier alpha value is -1.47. The number of rotatable bonds is 10. The maximum atomic E-state index is 13.4. The molecule has 0 unspecified atom stereocenters. The van der Waals surface area contributed by atoms with Crippen molar-refractivity contribution < 1.29 is 17.6 Å². The zero-order chi connectivity index (χ0) is 17.3. The zero-order valence-electron chi connectivity index (χ0n) is 13.7. The normalized spacial score (nSPS) is 11.7. The first-order valence-corrected chi connectivity index (χ1v) is 9.64. The summed E-state index contributed by atoms with van der Waals surface area (Å²) in [6.07, 6.45) is 3.32. The summed E-state index contributed by atoms with van der Waals surface area (Å²) in [5, 5.41) is 2.69. The lowest BCUT2D eigenvalue weighted by Crippen LogP contribution is -2.35. The molecule has 0 aliphatic carbocycles. The number of unbranched alkanes of at least 4 members (excludes halogenated alkanes) is 1. The summed E-state index contributed by atoms with van der Waals surface area (Å²) in [4.78, 5) is 11.8. The fourth-order valence-corrected chi connectivity index (χ4v) is 3.01. The van der Waals surface area contributed by atoms with Crippen molar-refractivity contribution >= 4 is 15.9 Å². The monoisotopic (exact) mass is 344 g/mol. The molecule has 0 aliphatic rings. The Morgan fingerprint density at radius 1 is 1.26 bits per heavy atom. The standard InChI is InChI=1S/C16H25FN2O3S/c1-3-4-12-19(23(2,21)22)13-10-16(20)18-11-9-14-7-5-6-8-15(14)17/h5-8H,3-4,9-13H2,1-2H3,(H,18,20). The first-order valence-electron chi connectivity index (χ1n) is 7.79. The van der Waals surface area contributed by atoms with Gasteiger partial charge in [0.1, 0.15) is 5.82 Å². The van der Waals surface area contributed by atoms with Gasteiger partial charge in [-0.3, -0.25) is 4.79 Å². The van der Waals surface area contributed by atoms with E-state index >= 15 is 0 Å². The molecule has 0 atom stereocenters. The molecule has 1 rings (SSSR count). The summed E-state index contributed by atoms with van der Waals surface area (Å²) in [5.41, 5.74) is 0.550. The Bertz CT molecular complexity index is 605. The summed E-state index contributed by atoms with van der Waals surface area (Å²) in [7, 11) is -3.30. The minimum atomic E-state index is -3.30. The minimum Gasteiger partial charge on any atom is -0.356 e. The van der Waals surface area contributed by atoms with Crippen LogP contribution in [-0.4, -0.2) is 44.5 Å². The molecule has 0 saturated heterocycles. The Balaban J connectivity index is 2.36. The lowest BCUT2D eigenvalue weighted by atomic mass is 10.1. The molecule has 0 spiro atoms. The summed E-state index contributed by atoms with van der Waals surface area (Å²) in [5.74, 6) is -0.518.